The Hall–Kier alpha value is -0.160. The molecule has 2 unspecified atom stereocenters. The Kier molecular flexibility index (Phi) is 2.61. The molecule has 1 aliphatic heterocycles. The molecule has 0 aromatic heterocycles. The Morgan fingerprint density at radius 1 is 1.00 bits per heavy atom. The largest absolute Gasteiger partial charge is 0.349 e. The van der Waals surface area contributed by atoms with Crippen molar-refractivity contribution in [2.24, 2.45) is 0 Å². The van der Waals surface area contributed by atoms with Crippen LogP contribution >= 0.6 is 0 Å². The van der Waals surface area contributed by atoms with E-state index in [4.69, 9.17) is 21.7 Å². The van der Waals surface area contributed by atoms with Crippen LogP contribution in [0.3, 0.4) is 0 Å². The van der Waals surface area contributed by atoms with E-state index in [1.807, 2.05) is 0 Å². The van der Waals surface area contributed by atoms with Crippen molar-refractivity contribution in [1.82, 2.24) is 0 Å². The maximum Gasteiger partial charge on any atom is 0.220 e. The summed E-state index contributed by atoms with van der Waals surface area (Å²) in [5, 5.41) is 0. The fourth-order valence-electron chi connectivity index (χ4n) is 2.22. The molecule has 0 aromatic rings. The van der Waals surface area contributed by atoms with E-state index in [1.165, 1.54) is 14.2 Å². The predicted octanol–water partition coefficient (Wildman–Crippen LogP) is 2.07. The average Bonchev–Trinajstić information content (AvgIpc) is 2.36. The summed E-state index contributed by atoms with van der Waals surface area (Å²) < 4.78 is 38.8. The Morgan fingerprint density at radius 3 is 1.69 bits per heavy atom. The summed E-state index contributed by atoms with van der Waals surface area (Å²) in [6, 6.07) is 0. The van der Waals surface area contributed by atoms with Gasteiger partial charge in [0.05, 0.1) is 12.2 Å². The van der Waals surface area contributed by atoms with Crippen LogP contribution in [0.15, 0.2) is 0 Å². The summed E-state index contributed by atoms with van der Waals surface area (Å²) in [6.07, 6.45) is -0.325. The van der Waals surface area contributed by atoms with Gasteiger partial charge in [-0.2, -0.15) is 0 Å². The van der Waals surface area contributed by atoms with Gasteiger partial charge in [0.2, 0.25) is 11.6 Å². The first-order valence-electron chi connectivity index (χ1n) is 6.83. The van der Waals surface area contributed by atoms with Gasteiger partial charge in [0.25, 0.3) is 0 Å². The molecule has 16 heavy (non-hydrogen) atoms. The van der Waals surface area contributed by atoms with Gasteiger partial charge < -0.3 is 18.9 Å². The lowest BCUT2D eigenvalue weighted by Crippen LogP contribution is -2.65. The molecule has 2 aliphatic rings. The van der Waals surface area contributed by atoms with Crippen molar-refractivity contribution in [2.45, 2.75) is 63.3 Å². The molecule has 1 saturated carbocycles. The van der Waals surface area contributed by atoms with Gasteiger partial charge in [0, 0.05) is 17.0 Å². The third-order valence-corrected chi connectivity index (χ3v) is 3.61. The molecule has 2 fully saturated rings. The lowest BCUT2D eigenvalue weighted by atomic mass is 9.91. The summed E-state index contributed by atoms with van der Waals surface area (Å²) in [6.45, 7) is 3.49. The van der Waals surface area contributed by atoms with Crippen molar-refractivity contribution >= 4 is 0 Å². The molecule has 0 spiro atoms. The van der Waals surface area contributed by atoms with Crippen molar-refractivity contribution in [3.05, 3.63) is 0 Å². The fraction of sp³-hybridized carbons (Fsp3) is 1.00. The molecule has 0 amide bonds. The summed E-state index contributed by atoms with van der Waals surface area (Å²) >= 11 is 0. The number of rotatable bonds is 2. The van der Waals surface area contributed by atoms with Gasteiger partial charge >= 0.3 is 0 Å². The minimum absolute atomic E-state index is 0.382. The summed E-state index contributed by atoms with van der Waals surface area (Å²) in [5.74, 6) is -2.14. The first-order chi connectivity index (χ1) is 8.37. The maximum atomic E-state index is 8.04. The molecule has 1 heterocycles. The fourth-order valence-corrected chi connectivity index (χ4v) is 2.22. The third kappa shape index (κ3) is 1.78. The SMILES string of the molecule is [2H][C@H]1CC[C@H]([2H])C2O[C@@](C)(OC)[C@](C)(OC)OC21. The minimum atomic E-state index is -1.07. The highest BCUT2D eigenvalue weighted by molar-refractivity contribution is 4.92. The molecule has 4 nitrogen and oxygen atoms in total. The van der Waals surface area contributed by atoms with Crippen molar-refractivity contribution < 1.29 is 21.7 Å². The molecule has 0 aromatic carbocycles. The molecule has 0 N–H and O–H groups in total. The van der Waals surface area contributed by atoms with Crippen LogP contribution in [-0.2, 0) is 18.9 Å². The van der Waals surface area contributed by atoms with E-state index < -0.39 is 23.8 Å². The molecule has 0 bridgehead atoms. The lowest BCUT2D eigenvalue weighted by Gasteiger charge is -2.53. The molecule has 6 atom stereocenters. The van der Waals surface area contributed by atoms with Crippen molar-refractivity contribution in [3.8, 4) is 0 Å². The van der Waals surface area contributed by atoms with Crippen LogP contribution in [0.25, 0.3) is 0 Å². The number of hydrogen-bond acceptors (Lipinski definition) is 4. The maximum absolute atomic E-state index is 8.04. The van der Waals surface area contributed by atoms with Gasteiger partial charge in [-0.3, -0.25) is 0 Å². The second kappa shape index (κ2) is 4.26. The van der Waals surface area contributed by atoms with Crippen molar-refractivity contribution in [3.63, 3.8) is 0 Å². The van der Waals surface area contributed by atoms with E-state index in [9.17, 15) is 0 Å². The first-order valence-corrected chi connectivity index (χ1v) is 5.67. The van der Waals surface area contributed by atoms with Gasteiger partial charge in [-0.05, 0) is 26.6 Å². The van der Waals surface area contributed by atoms with Gasteiger partial charge in [-0.25, -0.2) is 0 Å². The second-order valence-electron chi connectivity index (χ2n) is 4.51. The van der Waals surface area contributed by atoms with E-state index in [2.05, 4.69) is 0 Å². The zero-order valence-corrected chi connectivity index (χ0v) is 10.4. The van der Waals surface area contributed by atoms with Crippen LogP contribution in [0.2, 0.25) is 0 Å². The quantitative estimate of drug-likeness (QED) is 0.730. The highest BCUT2D eigenvalue weighted by Crippen LogP contribution is 2.42. The molecule has 4 heteroatoms. The minimum Gasteiger partial charge on any atom is -0.349 e. The van der Waals surface area contributed by atoms with Crippen molar-refractivity contribution in [1.29, 1.82) is 0 Å². The molecular weight excluding hydrogens is 208 g/mol. The average molecular weight is 232 g/mol. The molecule has 1 aliphatic carbocycles. The summed E-state index contributed by atoms with van der Waals surface area (Å²) in [4.78, 5) is 0. The molecule has 94 valence electrons. The molecule has 0 radical (unpaired) electrons. The predicted molar refractivity (Wildman–Crippen MR) is 59.0 cm³/mol. The van der Waals surface area contributed by atoms with Crippen LogP contribution in [0.1, 0.15) is 42.2 Å². The number of methoxy groups -OCH3 is 2. The van der Waals surface area contributed by atoms with Crippen molar-refractivity contribution in [2.75, 3.05) is 14.2 Å². The summed E-state index contributed by atoms with van der Waals surface area (Å²) in [7, 11) is 3.06. The zero-order valence-electron chi connectivity index (χ0n) is 12.4. The first kappa shape index (κ1) is 9.83. The van der Waals surface area contributed by atoms with Gasteiger partial charge in [0.15, 0.2) is 0 Å². The highest BCUT2D eigenvalue weighted by atomic mass is 16.8. The second-order valence-corrected chi connectivity index (χ2v) is 4.51. The van der Waals surface area contributed by atoms with E-state index in [1.54, 1.807) is 13.8 Å². The molecule has 2 rings (SSSR count). The molecule has 1 saturated heterocycles. The van der Waals surface area contributed by atoms with Crippen LogP contribution < -0.4 is 0 Å². The smallest absolute Gasteiger partial charge is 0.220 e. The van der Waals surface area contributed by atoms with E-state index >= 15 is 0 Å². The number of hydrogen-bond donors (Lipinski definition) is 0. The monoisotopic (exact) mass is 232 g/mol. The van der Waals surface area contributed by atoms with Crippen LogP contribution in [0, 0.1) is 0 Å². The Balaban J connectivity index is 2.29. The van der Waals surface area contributed by atoms with Crippen LogP contribution in [-0.4, -0.2) is 38.0 Å². The Morgan fingerprint density at radius 2 is 1.38 bits per heavy atom. The standard InChI is InChI=1S/C12H22O4/c1-11(13-3)12(2,14-4)16-10-8-6-5-7-9(10)15-11/h9-10H,5-8H2,1-4H3/t9?,10?,11-,12-/m1/s1/i7D,8D/t7-,8-,9?,10?,11+,12+/m0. The normalized spacial score (nSPS) is 59.8. The van der Waals surface area contributed by atoms with Crippen LogP contribution in [0.4, 0.5) is 0 Å². The zero-order chi connectivity index (χ0) is 13.6. The Labute approximate surface area is 100 Å². The van der Waals surface area contributed by atoms with Gasteiger partial charge in [-0.1, -0.05) is 12.8 Å². The third-order valence-electron chi connectivity index (χ3n) is 3.61. The lowest BCUT2D eigenvalue weighted by molar-refractivity contribution is -0.450. The molecular formula is C12H22O4. The Bertz CT molecular complexity index is 286. The number of ether oxygens (including phenoxy) is 4. The van der Waals surface area contributed by atoms with E-state index in [-0.39, 0.29) is 12.8 Å². The number of fused-ring (bicyclic) bond motifs is 1. The van der Waals surface area contributed by atoms with Gasteiger partial charge in [-0.15, -0.1) is 0 Å². The van der Waals surface area contributed by atoms with Crippen LogP contribution in [0.5, 0.6) is 0 Å². The van der Waals surface area contributed by atoms with E-state index in [0.29, 0.717) is 12.8 Å². The highest BCUT2D eigenvalue weighted by Gasteiger charge is 2.56. The summed E-state index contributed by atoms with van der Waals surface area (Å²) in [5.41, 5.74) is 0. The van der Waals surface area contributed by atoms with E-state index in [0.717, 1.165) is 0 Å². The topological polar surface area (TPSA) is 36.9 Å². The van der Waals surface area contributed by atoms with Gasteiger partial charge in [0.1, 0.15) is 0 Å².